The zero-order valence-electron chi connectivity index (χ0n) is 12.1. The molecule has 5 nitrogen and oxygen atoms in total. The van der Waals surface area contributed by atoms with Gasteiger partial charge in [-0.1, -0.05) is 13.8 Å². The Morgan fingerprint density at radius 3 is 2.65 bits per heavy atom. The Balaban J connectivity index is 2.07. The number of hydrogen-bond acceptors (Lipinski definition) is 3. The number of rotatable bonds is 3. The molecule has 1 aliphatic rings. The Kier molecular flexibility index (Phi) is 3.79. The van der Waals surface area contributed by atoms with Gasteiger partial charge in [0.15, 0.2) is 0 Å². The molecule has 108 valence electrons. The number of carbonyl (C=O) groups is 1. The lowest BCUT2D eigenvalue weighted by molar-refractivity contribution is -0.385. The van der Waals surface area contributed by atoms with Crippen LogP contribution in [-0.4, -0.2) is 16.9 Å². The molecule has 20 heavy (non-hydrogen) atoms. The molecule has 1 N–H and O–H groups in total. The van der Waals surface area contributed by atoms with Gasteiger partial charge in [0.1, 0.15) is 0 Å². The van der Waals surface area contributed by atoms with E-state index in [-0.39, 0.29) is 23.1 Å². The van der Waals surface area contributed by atoms with E-state index in [1.165, 1.54) is 12.1 Å². The molecule has 0 bridgehead atoms. The number of aryl methyl sites for hydroxylation is 1. The van der Waals surface area contributed by atoms with Crippen LogP contribution in [0.25, 0.3) is 0 Å². The lowest BCUT2D eigenvalue weighted by Crippen LogP contribution is -2.33. The van der Waals surface area contributed by atoms with Crippen molar-refractivity contribution in [1.29, 1.82) is 0 Å². The zero-order valence-corrected chi connectivity index (χ0v) is 12.1. The van der Waals surface area contributed by atoms with Gasteiger partial charge < -0.3 is 5.32 Å². The first kappa shape index (κ1) is 14.5. The van der Waals surface area contributed by atoms with Crippen LogP contribution in [0.15, 0.2) is 18.2 Å². The summed E-state index contributed by atoms with van der Waals surface area (Å²) in [5.41, 5.74) is 1.32. The molecule has 0 aliphatic heterocycles. The van der Waals surface area contributed by atoms with Crippen molar-refractivity contribution in [3.05, 3.63) is 39.4 Å². The molecular weight excluding hydrogens is 256 g/mol. The van der Waals surface area contributed by atoms with E-state index in [9.17, 15) is 14.9 Å². The molecule has 0 saturated heterocycles. The summed E-state index contributed by atoms with van der Waals surface area (Å²) in [6.45, 7) is 6.05. The van der Waals surface area contributed by atoms with Gasteiger partial charge in [0, 0.05) is 23.2 Å². The predicted molar refractivity (Wildman–Crippen MR) is 76.7 cm³/mol. The van der Waals surface area contributed by atoms with Crippen molar-refractivity contribution in [2.24, 2.45) is 5.41 Å². The van der Waals surface area contributed by atoms with E-state index in [2.05, 4.69) is 19.2 Å². The second-order valence-electron chi connectivity index (χ2n) is 6.34. The number of nitro groups is 1. The summed E-state index contributed by atoms with van der Waals surface area (Å²) >= 11 is 0. The van der Waals surface area contributed by atoms with E-state index in [0.717, 1.165) is 19.3 Å². The highest BCUT2D eigenvalue weighted by Gasteiger charge is 2.31. The van der Waals surface area contributed by atoms with Crippen molar-refractivity contribution in [2.45, 2.75) is 46.1 Å². The standard InChI is InChI=1S/C15H20N2O3/c1-10-8-11(4-5-13(10)17(19)20)14(18)16-12-6-7-15(2,3)9-12/h4-5,8,12H,6-7,9H2,1-3H3,(H,16,18). The number of carbonyl (C=O) groups excluding carboxylic acids is 1. The fourth-order valence-electron chi connectivity index (χ4n) is 2.83. The first-order valence-corrected chi connectivity index (χ1v) is 6.84. The number of benzene rings is 1. The van der Waals surface area contributed by atoms with E-state index in [0.29, 0.717) is 11.1 Å². The highest BCUT2D eigenvalue weighted by Crippen LogP contribution is 2.37. The van der Waals surface area contributed by atoms with Crippen LogP contribution in [0.3, 0.4) is 0 Å². The van der Waals surface area contributed by atoms with Crippen molar-refractivity contribution < 1.29 is 9.72 Å². The molecule has 5 heteroatoms. The Morgan fingerprint density at radius 2 is 2.15 bits per heavy atom. The van der Waals surface area contributed by atoms with Gasteiger partial charge >= 0.3 is 0 Å². The minimum absolute atomic E-state index is 0.0450. The second-order valence-corrected chi connectivity index (χ2v) is 6.34. The summed E-state index contributed by atoms with van der Waals surface area (Å²) < 4.78 is 0. The van der Waals surface area contributed by atoms with E-state index >= 15 is 0 Å². The van der Waals surface area contributed by atoms with E-state index < -0.39 is 4.92 Å². The molecular formula is C15H20N2O3. The number of nitrogens with one attached hydrogen (secondary N) is 1. The molecule has 1 fully saturated rings. The van der Waals surface area contributed by atoms with Crippen molar-refractivity contribution in [3.63, 3.8) is 0 Å². The average molecular weight is 276 g/mol. The van der Waals surface area contributed by atoms with Crippen molar-refractivity contribution in [3.8, 4) is 0 Å². The summed E-state index contributed by atoms with van der Waals surface area (Å²) in [6.07, 6.45) is 3.08. The van der Waals surface area contributed by atoms with Crippen LogP contribution in [0.2, 0.25) is 0 Å². The van der Waals surface area contributed by atoms with Gasteiger partial charge in [0.05, 0.1) is 4.92 Å². The van der Waals surface area contributed by atoms with E-state index in [1.54, 1.807) is 13.0 Å². The maximum Gasteiger partial charge on any atom is 0.272 e. The highest BCUT2D eigenvalue weighted by atomic mass is 16.6. The fourth-order valence-corrected chi connectivity index (χ4v) is 2.83. The van der Waals surface area contributed by atoms with Crippen molar-refractivity contribution >= 4 is 11.6 Å². The Hall–Kier alpha value is -1.91. The summed E-state index contributed by atoms with van der Waals surface area (Å²) in [4.78, 5) is 22.5. The van der Waals surface area contributed by atoms with Crippen LogP contribution >= 0.6 is 0 Å². The maximum atomic E-state index is 12.2. The molecule has 1 amide bonds. The van der Waals surface area contributed by atoms with Gasteiger partial charge in [-0.25, -0.2) is 0 Å². The summed E-state index contributed by atoms with van der Waals surface area (Å²) in [5.74, 6) is -0.148. The third kappa shape index (κ3) is 3.15. The lowest BCUT2D eigenvalue weighted by atomic mass is 9.92. The van der Waals surface area contributed by atoms with E-state index in [1.807, 2.05) is 0 Å². The lowest BCUT2D eigenvalue weighted by Gasteiger charge is -2.18. The van der Waals surface area contributed by atoms with Crippen molar-refractivity contribution in [1.82, 2.24) is 5.32 Å². The quantitative estimate of drug-likeness (QED) is 0.680. The minimum atomic E-state index is -0.434. The summed E-state index contributed by atoms with van der Waals surface area (Å²) in [6, 6.07) is 4.68. The molecule has 0 radical (unpaired) electrons. The first-order valence-electron chi connectivity index (χ1n) is 6.84. The molecule has 1 atom stereocenters. The molecule has 1 aromatic rings. The highest BCUT2D eigenvalue weighted by molar-refractivity contribution is 5.94. The van der Waals surface area contributed by atoms with Crippen LogP contribution < -0.4 is 5.32 Å². The number of nitro benzene ring substituents is 1. The van der Waals surface area contributed by atoms with Gasteiger partial charge in [-0.3, -0.25) is 14.9 Å². The van der Waals surface area contributed by atoms with Crippen LogP contribution in [0.4, 0.5) is 5.69 Å². The second kappa shape index (κ2) is 5.23. The van der Waals surface area contributed by atoms with Gasteiger partial charge in [0.25, 0.3) is 11.6 Å². The van der Waals surface area contributed by atoms with Gasteiger partial charge in [-0.15, -0.1) is 0 Å². The summed E-state index contributed by atoms with van der Waals surface area (Å²) in [5, 5.41) is 13.8. The van der Waals surface area contributed by atoms with Crippen molar-refractivity contribution in [2.75, 3.05) is 0 Å². The number of hydrogen-bond donors (Lipinski definition) is 1. The predicted octanol–water partition coefficient (Wildman–Crippen LogP) is 3.21. The zero-order chi connectivity index (χ0) is 14.9. The number of amides is 1. The van der Waals surface area contributed by atoms with Crippen LogP contribution in [0.5, 0.6) is 0 Å². The Bertz CT molecular complexity index is 552. The molecule has 1 aromatic carbocycles. The van der Waals surface area contributed by atoms with Crippen LogP contribution in [-0.2, 0) is 0 Å². The molecule has 0 spiro atoms. The molecule has 1 saturated carbocycles. The Morgan fingerprint density at radius 1 is 1.45 bits per heavy atom. The third-order valence-electron chi connectivity index (χ3n) is 3.96. The normalized spacial score (nSPS) is 20.6. The smallest absolute Gasteiger partial charge is 0.272 e. The van der Waals surface area contributed by atoms with Crippen LogP contribution in [0, 0.1) is 22.5 Å². The molecule has 1 aliphatic carbocycles. The first-order chi connectivity index (χ1) is 9.28. The molecule has 0 heterocycles. The number of nitrogens with zero attached hydrogens (tertiary/aromatic N) is 1. The van der Waals surface area contributed by atoms with Crippen LogP contribution in [0.1, 0.15) is 49.0 Å². The van der Waals surface area contributed by atoms with E-state index in [4.69, 9.17) is 0 Å². The van der Waals surface area contributed by atoms with Gasteiger partial charge in [0.2, 0.25) is 0 Å². The third-order valence-corrected chi connectivity index (χ3v) is 3.96. The minimum Gasteiger partial charge on any atom is -0.349 e. The average Bonchev–Trinajstić information content (AvgIpc) is 2.68. The monoisotopic (exact) mass is 276 g/mol. The topological polar surface area (TPSA) is 72.2 Å². The molecule has 2 rings (SSSR count). The molecule has 1 unspecified atom stereocenters. The summed E-state index contributed by atoms with van der Waals surface area (Å²) in [7, 11) is 0. The largest absolute Gasteiger partial charge is 0.349 e. The van der Waals surface area contributed by atoms with Gasteiger partial charge in [-0.05, 0) is 43.7 Å². The van der Waals surface area contributed by atoms with Gasteiger partial charge in [-0.2, -0.15) is 0 Å². The fraction of sp³-hybridized carbons (Fsp3) is 0.533. The SMILES string of the molecule is Cc1cc(C(=O)NC2CCC(C)(C)C2)ccc1[N+](=O)[O-]. The maximum absolute atomic E-state index is 12.2. The molecule has 0 aromatic heterocycles. The Labute approximate surface area is 118 Å².